The van der Waals surface area contributed by atoms with Gasteiger partial charge < -0.3 is 0 Å². The molecule has 0 atom stereocenters. The van der Waals surface area contributed by atoms with Crippen LogP contribution in [0, 0.1) is 11.6 Å². The maximum Gasteiger partial charge on any atom is 0.198 e. The first kappa shape index (κ1) is 14.4. The summed E-state index contributed by atoms with van der Waals surface area (Å²) in [6.07, 6.45) is 3.41. The van der Waals surface area contributed by atoms with Crippen LogP contribution in [0.25, 0.3) is 0 Å². The van der Waals surface area contributed by atoms with Crippen molar-refractivity contribution in [3.8, 4) is 0 Å². The Morgan fingerprint density at radius 1 is 1.10 bits per heavy atom. The highest BCUT2D eigenvalue weighted by Gasteiger charge is 2.23. The van der Waals surface area contributed by atoms with Crippen molar-refractivity contribution in [1.29, 1.82) is 0 Å². The Morgan fingerprint density at radius 3 is 2.33 bits per heavy atom. The molecule has 1 saturated carbocycles. The van der Waals surface area contributed by atoms with Gasteiger partial charge in [-0.15, -0.1) is 0 Å². The fraction of sp³-hybridized carbons (Fsp3) is 0.235. The van der Waals surface area contributed by atoms with E-state index in [4.69, 9.17) is 0 Å². The topological polar surface area (TPSA) is 17.1 Å². The molecule has 2 aromatic carbocycles. The lowest BCUT2D eigenvalue weighted by molar-refractivity contribution is 0.103. The van der Waals surface area contributed by atoms with Gasteiger partial charge in [-0.25, -0.2) is 8.78 Å². The van der Waals surface area contributed by atoms with E-state index in [0.29, 0.717) is 11.5 Å². The second kappa shape index (κ2) is 5.68. The first-order chi connectivity index (χ1) is 10.1. The van der Waals surface area contributed by atoms with Crippen LogP contribution in [0.2, 0.25) is 0 Å². The Morgan fingerprint density at radius 2 is 1.76 bits per heavy atom. The van der Waals surface area contributed by atoms with Crippen molar-refractivity contribution in [2.75, 3.05) is 0 Å². The third-order valence-electron chi connectivity index (χ3n) is 3.96. The molecule has 1 aliphatic rings. The number of halogens is 3. The molecule has 0 saturated heterocycles. The van der Waals surface area contributed by atoms with Gasteiger partial charge in [0.15, 0.2) is 5.78 Å². The summed E-state index contributed by atoms with van der Waals surface area (Å²) in [5, 5.41) is 0. The third kappa shape index (κ3) is 2.77. The Kier molecular flexibility index (Phi) is 3.89. The Hall–Kier alpha value is -1.55. The molecular formula is C17H13BrF2O. The van der Waals surface area contributed by atoms with Gasteiger partial charge in [-0.3, -0.25) is 4.79 Å². The number of hydrogen-bond acceptors (Lipinski definition) is 1. The van der Waals surface area contributed by atoms with Crippen LogP contribution in [0.4, 0.5) is 8.78 Å². The number of carbonyl (C=O) groups excluding carboxylic acids is 1. The SMILES string of the molecule is O=C(c1cccc(C2CCC2)c1)c1c(F)cc(Br)cc1F. The maximum absolute atomic E-state index is 13.9. The second-order valence-electron chi connectivity index (χ2n) is 5.33. The van der Waals surface area contributed by atoms with Crippen molar-refractivity contribution in [3.63, 3.8) is 0 Å². The van der Waals surface area contributed by atoms with Crippen molar-refractivity contribution in [2.45, 2.75) is 25.2 Å². The Balaban J connectivity index is 1.99. The zero-order valence-corrected chi connectivity index (χ0v) is 12.8. The number of benzene rings is 2. The summed E-state index contributed by atoms with van der Waals surface area (Å²) in [7, 11) is 0. The molecular weight excluding hydrogens is 338 g/mol. The van der Waals surface area contributed by atoms with Gasteiger partial charge in [0.05, 0.1) is 5.56 Å². The van der Waals surface area contributed by atoms with E-state index in [1.807, 2.05) is 6.07 Å². The Labute approximate surface area is 130 Å². The minimum atomic E-state index is -0.846. The maximum atomic E-state index is 13.9. The van der Waals surface area contributed by atoms with E-state index < -0.39 is 23.0 Å². The minimum absolute atomic E-state index is 0.275. The number of hydrogen-bond donors (Lipinski definition) is 0. The summed E-state index contributed by atoms with van der Waals surface area (Å²) in [6.45, 7) is 0. The molecule has 21 heavy (non-hydrogen) atoms. The van der Waals surface area contributed by atoms with Gasteiger partial charge in [0, 0.05) is 10.0 Å². The lowest BCUT2D eigenvalue weighted by Gasteiger charge is -2.26. The van der Waals surface area contributed by atoms with E-state index in [9.17, 15) is 13.6 Å². The molecule has 3 rings (SSSR count). The molecule has 0 unspecified atom stereocenters. The van der Waals surface area contributed by atoms with Gasteiger partial charge in [0.1, 0.15) is 11.6 Å². The Bertz CT molecular complexity index is 685. The lowest BCUT2D eigenvalue weighted by Crippen LogP contribution is -2.11. The van der Waals surface area contributed by atoms with E-state index >= 15 is 0 Å². The standard InChI is InChI=1S/C17H13BrF2O/c18-13-8-14(19)16(15(20)9-13)17(21)12-6-2-5-11(7-12)10-3-1-4-10/h2,5-10H,1,3-4H2. The van der Waals surface area contributed by atoms with Gasteiger partial charge in [0.25, 0.3) is 0 Å². The normalized spacial score (nSPS) is 14.8. The summed E-state index contributed by atoms with van der Waals surface area (Å²) in [4.78, 5) is 12.4. The molecule has 0 aliphatic heterocycles. The molecule has 0 N–H and O–H groups in total. The predicted octanol–water partition coefficient (Wildman–Crippen LogP) is 5.23. The third-order valence-corrected chi connectivity index (χ3v) is 4.42. The zero-order valence-electron chi connectivity index (χ0n) is 11.2. The number of rotatable bonds is 3. The van der Waals surface area contributed by atoms with Gasteiger partial charge in [0.2, 0.25) is 0 Å². The molecule has 0 aromatic heterocycles. The van der Waals surface area contributed by atoms with Crippen molar-refractivity contribution in [2.24, 2.45) is 0 Å². The van der Waals surface area contributed by atoms with Crippen LogP contribution in [0.15, 0.2) is 40.9 Å². The highest BCUT2D eigenvalue weighted by Crippen LogP contribution is 2.36. The minimum Gasteiger partial charge on any atom is -0.288 e. The summed E-state index contributed by atoms with van der Waals surface area (Å²) < 4.78 is 28.1. The van der Waals surface area contributed by atoms with Gasteiger partial charge in [-0.1, -0.05) is 40.5 Å². The van der Waals surface area contributed by atoms with Crippen LogP contribution < -0.4 is 0 Å². The summed E-state index contributed by atoms with van der Waals surface area (Å²) in [6, 6.07) is 9.31. The number of ketones is 1. The number of carbonyl (C=O) groups is 1. The summed E-state index contributed by atoms with van der Waals surface area (Å²) in [5.41, 5.74) is 0.911. The lowest BCUT2D eigenvalue weighted by atomic mass is 9.79. The fourth-order valence-electron chi connectivity index (χ4n) is 2.58. The quantitative estimate of drug-likeness (QED) is 0.693. The molecule has 1 nitrogen and oxygen atoms in total. The van der Waals surface area contributed by atoms with Crippen LogP contribution in [0.1, 0.15) is 46.7 Å². The molecule has 4 heteroatoms. The van der Waals surface area contributed by atoms with E-state index in [-0.39, 0.29) is 4.47 Å². The zero-order chi connectivity index (χ0) is 15.0. The highest BCUT2D eigenvalue weighted by molar-refractivity contribution is 9.10. The van der Waals surface area contributed by atoms with E-state index in [2.05, 4.69) is 15.9 Å². The van der Waals surface area contributed by atoms with Crippen LogP contribution in [0.5, 0.6) is 0 Å². The average Bonchev–Trinajstić information content (AvgIpc) is 2.35. The molecule has 0 spiro atoms. The van der Waals surface area contributed by atoms with Crippen molar-refractivity contribution >= 4 is 21.7 Å². The molecule has 2 aromatic rings. The summed E-state index contributed by atoms with van der Waals surface area (Å²) >= 11 is 3.01. The van der Waals surface area contributed by atoms with Crippen LogP contribution in [-0.4, -0.2) is 5.78 Å². The van der Waals surface area contributed by atoms with Gasteiger partial charge in [-0.2, -0.15) is 0 Å². The summed E-state index contributed by atoms with van der Waals surface area (Å²) in [5.74, 6) is -1.84. The van der Waals surface area contributed by atoms with Crippen molar-refractivity contribution < 1.29 is 13.6 Å². The monoisotopic (exact) mass is 350 g/mol. The van der Waals surface area contributed by atoms with Gasteiger partial charge in [-0.05, 0) is 42.5 Å². The van der Waals surface area contributed by atoms with E-state index in [0.717, 1.165) is 30.5 Å². The predicted molar refractivity (Wildman–Crippen MR) is 80.5 cm³/mol. The molecule has 108 valence electrons. The first-order valence-electron chi connectivity index (χ1n) is 6.85. The molecule has 0 amide bonds. The molecule has 1 fully saturated rings. The first-order valence-corrected chi connectivity index (χ1v) is 7.65. The van der Waals surface area contributed by atoms with Crippen LogP contribution in [0.3, 0.4) is 0 Å². The second-order valence-corrected chi connectivity index (χ2v) is 6.24. The van der Waals surface area contributed by atoms with E-state index in [1.54, 1.807) is 18.2 Å². The molecule has 1 aliphatic carbocycles. The highest BCUT2D eigenvalue weighted by atomic mass is 79.9. The smallest absolute Gasteiger partial charge is 0.198 e. The molecule has 0 heterocycles. The fourth-order valence-corrected chi connectivity index (χ4v) is 2.98. The largest absolute Gasteiger partial charge is 0.288 e. The van der Waals surface area contributed by atoms with Gasteiger partial charge >= 0.3 is 0 Å². The van der Waals surface area contributed by atoms with E-state index in [1.165, 1.54) is 6.42 Å². The molecule has 0 radical (unpaired) electrons. The molecule has 0 bridgehead atoms. The van der Waals surface area contributed by atoms with Crippen LogP contribution >= 0.6 is 15.9 Å². The average molecular weight is 351 g/mol. The van der Waals surface area contributed by atoms with Crippen molar-refractivity contribution in [3.05, 3.63) is 69.2 Å². The van der Waals surface area contributed by atoms with Crippen LogP contribution in [-0.2, 0) is 0 Å². The van der Waals surface area contributed by atoms with Crippen molar-refractivity contribution in [1.82, 2.24) is 0 Å².